The second kappa shape index (κ2) is 9.94. The van der Waals surface area contributed by atoms with Crippen LogP contribution in [-0.2, 0) is 13.5 Å². The van der Waals surface area contributed by atoms with E-state index in [1.54, 1.807) is 25.3 Å². The van der Waals surface area contributed by atoms with Crippen molar-refractivity contribution >= 4 is 22.1 Å². The molecule has 0 fully saturated rings. The lowest BCUT2D eigenvalue weighted by Crippen LogP contribution is -2.21. The van der Waals surface area contributed by atoms with E-state index in [2.05, 4.69) is 19.7 Å². The van der Waals surface area contributed by atoms with Crippen LogP contribution in [0.25, 0.3) is 38.9 Å². The Kier molecular flexibility index (Phi) is 6.53. The fraction of sp³-hybridized carbons (Fsp3) is 0.231. The number of aromatic nitrogens is 5. The van der Waals surface area contributed by atoms with Crippen LogP contribution in [0.5, 0.6) is 11.8 Å². The number of aliphatic hydroxyl groups excluding tert-OH is 1. The topological polar surface area (TPSA) is 104 Å². The SMILES string of the molecule is CCOc1ncc2cc(-c3ccc4nc(CCO)n(C)c4c3)c(=O)n(-c3ccc(OC(F)F)cc3)c2n1. The molecule has 37 heavy (non-hydrogen) atoms. The quantitative estimate of drug-likeness (QED) is 0.340. The number of ether oxygens (including phenoxy) is 2. The van der Waals surface area contributed by atoms with Gasteiger partial charge in [0.05, 0.1) is 29.9 Å². The Morgan fingerprint density at radius 1 is 1.08 bits per heavy atom. The van der Waals surface area contributed by atoms with E-state index in [-0.39, 0.29) is 23.9 Å². The van der Waals surface area contributed by atoms with Gasteiger partial charge < -0.3 is 19.1 Å². The molecule has 0 bridgehead atoms. The molecule has 0 aliphatic carbocycles. The predicted molar refractivity (Wildman–Crippen MR) is 133 cm³/mol. The van der Waals surface area contributed by atoms with Crippen LogP contribution >= 0.6 is 0 Å². The van der Waals surface area contributed by atoms with Crippen molar-refractivity contribution in [3.63, 3.8) is 0 Å². The average Bonchev–Trinajstić information content (AvgIpc) is 3.19. The molecular weight excluding hydrogens is 484 g/mol. The van der Waals surface area contributed by atoms with Crippen molar-refractivity contribution in [3.05, 3.63) is 70.9 Å². The van der Waals surface area contributed by atoms with Crippen LogP contribution in [0.3, 0.4) is 0 Å². The van der Waals surface area contributed by atoms with E-state index < -0.39 is 6.61 Å². The number of hydrogen-bond acceptors (Lipinski definition) is 7. The molecule has 0 amide bonds. The smallest absolute Gasteiger partial charge is 0.387 e. The maximum absolute atomic E-state index is 13.9. The van der Waals surface area contributed by atoms with Gasteiger partial charge >= 0.3 is 12.6 Å². The number of aryl methyl sites for hydroxylation is 1. The maximum atomic E-state index is 13.9. The minimum Gasteiger partial charge on any atom is -0.464 e. The first-order valence-corrected chi connectivity index (χ1v) is 11.6. The van der Waals surface area contributed by atoms with Gasteiger partial charge in [-0.05, 0) is 55.0 Å². The normalized spacial score (nSPS) is 11.5. The van der Waals surface area contributed by atoms with Crippen molar-refractivity contribution in [2.24, 2.45) is 7.05 Å². The molecule has 0 saturated carbocycles. The third-order valence-electron chi connectivity index (χ3n) is 5.93. The van der Waals surface area contributed by atoms with Crippen LogP contribution in [0.15, 0.2) is 59.5 Å². The zero-order valence-corrected chi connectivity index (χ0v) is 20.1. The molecule has 11 heteroatoms. The number of rotatable bonds is 8. The first-order chi connectivity index (χ1) is 17.9. The van der Waals surface area contributed by atoms with Crippen molar-refractivity contribution in [2.75, 3.05) is 13.2 Å². The Balaban J connectivity index is 1.72. The molecule has 190 valence electrons. The average molecular weight is 507 g/mol. The highest BCUT2D eigenvalue weighted by Gasteiger charge is 2.17. The number of alkyl halides is 2. The molecule has 0 atom stereocenters. The van der Waals surface area contributed by atoms with Gasteiger partial charge in [-0.3, -0.25) is 9.36 Å². The van der Waals surface area contributed by atoms with Gasteiger partial charge in [-0.15, -0.1) is 0 Å². The van der Waals surface area contributed by atoms with Crippen LogP contribution in [0.2, 0.25) is 0 Å². The second-order valence-electron chi connectivity index (χ2n) is 8.20. The number of halogens is 2. The lowest BCUT2D eigenvalue weighted by molar-refractivity contribution is -0.0498. The molecule has 3 heterocycles. The third kappa shape index (κ3) is 4.60. The number of aliphatic hydroxyl groups is 1. The predicted octanol–water partition coefficient (Wildman–Crippen LogP) is 3.87. The molecule has 0 unspecified atom stereocenters. The fourth-order valence-corrected chi connectivity index (χ4v) is 4.23. The van der Waals surface area contributed by atoms with E-state index in [1.807, 2.05) is 23.7 Å². The summed E-state index contributed by atoms with van der Waals surface area (Å²) in [6.45, 7) is -0.841. The monoisotopic (exact) mass is 507 g/mol. The summed E-state index contributed by atoms with van der Waals surface area (Å²) in [5.74, 6) is 0.700. The van der Waals surface area contributed by atoms with Gasteiger partial charge in [0.2, 0.25) is 0 Å². The summed E-state index contributed by atoms with van der Waals surface area (Å²) in [7, 11) is 1.86. The van der Waals surface area contributed by atoms with E-state index in [0.717, 1.165) is 16.9 Å². The molecule has 0 radical (unpaired) electrons. The van der Waals surface area contributed by atoms with E-state index >= 15 is 0 Å². The van der Waals surface area contributed by atoms with Gasteiger partial charge in [0.15, 0.2) is 5.65 Å². The Morgan fingerprint density at radius 3 is 2.57 bits per heavy atom. The van der Waals surface area contributed by atoms with Gasteiger partial charge in [-0.25, -0.2) is 9.97 Å². The van der Waals surface area contributed by atoms with Crippen molar-refractivity contribution < 1.29 is 23.4 Å². The molecule has 5 aromatic rings. The van der Waals surface area contributed by atoms with Gasteiger partial charge in [0, 0.05) is 30.6 Å². The molecule has 9 nitrogen and oxygen atoms in total. The summed E-state index contributed by atoms with van der Waals surface area (Å²) in [5.41, 5.74) is 2.94. The molecule has 0 aliphatic heterocycles. The summed E-state index contributed by atoms with van der Waals surface area (Å²) in [6, 6.07) is 13.1. The molecule has 5 rings (SSSR count). The standard InChI is InChI=1S/C26H23F2N5O4/c1-3-36-26-29-14-16-12-19(15-4-9-20-21(13-15)32(2)22(30-20)10-11-34)24(35)33(23(16)31-26)17-5-7-18(8-6-17)37-25(27)28/h4-9,12-14,25,34H,3,10-11H2,1-2H3. The minimum atomic E-state index is -2.96. The summed E-state index contributed by atoms with van der Waals surface area (Å²) < 4.78 is 38.4. The van der Waals surface area contributed by atoms with Gasteiger partial charge in [-0.2, -0.15) is 13.8 Å². The fourth-order valence-electron chi connectivity index (χ4n) is 4.23. The first-order valence-electron chi connectivity index (χ1n) is 11.6. The van der Waals surface area contributed by atoms with Gasteiger partial charge in [-0.1, -0.05) is 6.07 Å². The summed E-state index contributed by atoms with van der Waals surface area (Å²) in [6.07, 6.45) is 1.98. The van der Waals surface area contributed by atoms with Crippen LogP contribution in [0, 0.1) is 0 Å². The lowest BCUT2D eigenvalue weighted by atomic mass is 10.0. The number of hydrogen-bond donors (Lipinski definition) is 1. The van der Waals surface area contributed by atoms with Crippen molar-refractivity contribution in [1.82, 2.24) is 24.1 Å². The van der Waals surface area contributed by atoms with Crippen LogP contribution < -0.4 is 15.0 Å². The molecule has 1 N–H and O–H groups in total. The maximum Gasteiger partial charge on any atom is 0.387 e. The second-order valence-corrected chi connectivity index (χ2v) is 8.20. The lowest BCUT2D eigenvalue weighted by Gasteiger charge is -2.14. The number of pyridine rings is 1. The Morgan fingerprint density at radius 2 is 1.86 bits per heavy atom. The van der Waals surface area contributed by atoms with E-state index in [9.17, 15) is 18.7 Å². The number of imidazole rings is 1. The van der Waals surface area contributed by atoms with Crippen molar-refractivity contribution in [1.29, 1.82) is 0 Å². The number of fused-ring (bicyclic) bond motifs is 2. The van der Waals surface area contributed by atoms with E-state index in [1.165, 1.54) is 28.8 Å². The van der Waals surface area contributed by atoms with Crippen LogP contribution in [-0.4, -0.2) is 49.0 Å². The third-order valence-corrected chi connectivity index (χ3v) is 5.93. The highest BCUT2D eigenvalue weighted by molar-refractivity contribution is 5.86. The van der Waals surface area contributed by atoms with E-state index in [0.29, 0.717) is 40.9 Å². The van der Waals surface area contributed by atoms with Gasteiger partial charge in [0.1, 0.15) is 11.6 Å². The summed E-state index contributed by atoms with van der Waals surface area (Å²) in [4.78, 5) is 27.1. The van der Waals surface area contributed by atoms with E-state index in [4.69, 9.17) is 4.74 Å². The Bertz CT molecular complexity index is 1650. The highest BCUT2D eigenvalue weighted by atomic mass is 19.3. The van der Waals surface area contributed by atoms with Crippen molar-refractivity contribution in [2.45, 2.75) is 20.0 Å². The molecule has 3 aromatic heterocycles. The van der Waals surface area contributed by atoms with Gasteiger partial charge in [0.25, 0.3) is 5.56 Å². The number of benzene rings is 2. The highest BCUT2D eigenvalue weighted by Crippen LogP contribution is 2.27. The molecule has 0 aliphatic rings. The van der Waals surface area contributed by atoms with Crippen LogP contribution in [0.1, 0.15) is 12.7 Å². The molecule has 0 spiro atoms. The van der Waals surface area contributed by atoms with Crippen LogP contribution in [0.4, 0.5) is 8.78 Å². The first kappa shape index (κ1) is 24.3. The Hall–Kier alpha value is -4.38. The zero-order chi connectivity index (χ0) is 26.1. The Labute approximate surface area is 209 Å². The molecule has 0 saturated heterocycles. The zero-order valence-electron chi connectivity index (χ0n) is 20.1. The van der Waals surface area contributed by atoms with Crippen molar-refractivity contribution in [3.8, 4) is 28.6 Å². The number of nitrogens with zero attached hydrogens (tertiary/aromatic N) is 5. The molecular formula is C26H23F2N5O4. The molecule has 2 aromatic carbocycles. The minimum absolute atomic E-state index is 0.0235. The summed E-state index contributed by atoms with van der Waals surface area (Å²) in [5, 5.41) is 9.91. The summed E-state index contributed by atoms with van der Waals surface area (Å²) >= 11 is 0. The largest absolute Gasteiger partial charge is 0.464 e.